The van der Waals surface area contributed by atoms with Crippen LogP contribution in [0.15, 0.2) is 42.7 Å². The van der Waals surface area contributed by atoms with Crippen molar-refractivity contribution >= 4 is 34.5 Å². The lowest BCUT2D eigenvalue weighted by Crippen LogP contribution is -2.15. The highest BCUT2D eigenvalue weighted by Gasteiger charge is 2.10. The fourth-order valence-corrected chi connectivity index (χ4v) is 2.15. The van der Waals surface area contributed by atoms with Crippen LogP contribution in [0.1, 0.15) is 24.1 Å². The summed E-state index contributed by atoms with van der Waals surface area (Å²) in [6, 6.07) is 9.41. The normalized spacial score (nSPS) is 11.9. The highest BCUT2D eigenvalue weighted by molar-refractivity contribution is 7.80. The summed E-state index contributed by atoms with van der Waals surface area (Å²) in [6.45, 7) is 2.04. The van der Waals surface area contributed by atoms with Gasteiger partial charge in [0.2, 0.25) is 0 Å². The monoisotopic (exact) mass is 291 g/mol. The topological polar surface area (TPSA) is 50.9 Å². The second kappa shape index (κ2) is 5.99. The van der Waals surface area contributed by atoms with E-state index in [4.69, 9.17) is 29.6 Å². The van der Waals surface area contributed by atoms with Crippen LogP contribution in [0.2, 0.25) is 5.02 Å². The van der Waals surface area contributed by atoms with E-state index < -0.39 is 0 Å². The number of nitrogens with two attached hydrogens (primary N) is 1. The number of anilines is 1. The first-order valence-corrected chi connectivity index (χ1v) is 6.62. The molecule has 0 amide bonds. The van der Waals surface area contributed by atoms with Gasteiger partial charge in [-0.15, -0.1) is 0 Å². The Kier molecular flexibility index (Phi) is 4.35. The fourth-order valence-electron chi connectivity index (χ4n) is 1.80. The van der Waals surface area contributed by atoms with Crippen molar-refractivity contribution < 1.29 is 0 Å². The Morgan fingerprint density at radius 3 is 2.84 bits per heavy atom. The van der Waals surface area contributed by atoms with Gasteiger partial charge in [-0.25, -0.2) is 0 Å². The molecule has 3 N–H and O–H groups in total. The van der Waals surface area contributed by atoms with Crippen LogP contribution in [0.3, 0.4) is 0 Å². The standard InChI is InChI=1S/C14H14ClN3S/c1-9(10-3-2-6-17-8-10)18-13-7-11(15)4-5-12(13)14(16)19/h2-9,18H,1H3,(H2,16,19). The molecular weight excluding hydrogens is 278 g/mol. The van der Waals surface area contributed by atoms with Crippen LogP contribution in [0, 0.1) is 0 Å². The molecule has 0 saturated carbocycles. The quantitative estimate of drug-likeness (QED) is 0.846. The number of hydrogen-bond donors (Lipinski definition) is 2. The summed E-state index contributed by atoms with van der Waals surface area (Å²) in [4.78, 5) is 4.45. The van der Waals surface area contributed by atoms with Gasteiger partial charge in [0.25, 0.3) is 0 Å². The molecule has 19 heavy (non-hydrogen) atoms. The van der Waals surface area contributed by atoms with E-state index >= 15 is 0 Å². The minimum absolute atomic E-state index is 0.0836. The van der Waals surface area contributed by atoms with E-state index in [1.807, 2.05) is 37.4 Å². The largest absolute Gasteiger partial charge is 0.389 e. The minimum atomic E-state index is 0.0836. The number of hydrogen-bond acceptors (Lipinski definition) is 3. The van der Waals surface area contributed by atoms with Gasteiger partial charge in [-0.05, 0) is 36.8 Å². The lowest BCUT2D eigenvalue weighted by atomic mass is 10.1. The van der Waals surface area contributed by atoms with Crippen molar-refractivity contribution in [2.24, 2.45) is 5.73 Å². The Bertz CT molecular complexity index is 586. The van der Waals surface area contributed by atoms with Crippen molar-refractivity contribution in [3.8, 4) is 0 Å². The van der Waals surface area contributed by atoms with Crippen LogP contribution < -0.4 is 11.1 Å². The Hall–Kier alpha value is -1.65. The molecule has 1 aromatic heterocycles. The van der Waals surface area contributed by atoms with Crippen molar-refractivity contribution in [2.75, 3.05) is 5.32 Å². The predicted octanol–water partition coefficient (Wildman–Crippen LogP) is 3.54. The van der Waals surface area contributed by atoms with Gasteiger partial charge in [0, 0.05) is 28.7 Å². The highest BCUT2D eigenvalue weighted by atomic mass is 35.5. The number of benzene rings is 1. The second-order valence-electron chi connectivity index (χ2n) is 4.21. The average Bonchev–Trinajstić information content (AvgIpc) is 2.39. The van der Waals surface area contributed by atoms with E-state index in [1.54, 1.807) is 12.3 Å². The molecule has 0 aliphatic heterocycles. The summed E-state index contributed by atoms with van der Waals surface area (Å²) in [7, 11) is 0. The van der Waals surface area contributed by atoms with Gasteiger partial charge in [-0.2, -0.15) is 0 Å². The number of nitrogens with one attached hydrogen (secondary N) is 1. The Labute approximate surface area is 122 Å². The highest BCUT2D eigenvalue weighted by Crippen LogP contribution is 2.25. The molecule has 3 nitrogen and oxygen atoms in total. The van der Waals surface area contributed by atoms with Gasteiger partial charge in [-0.3, -0.25) is 4.98 Å². The first-order valence-electron chi connectivity index (χ1n) is 5.83. The van der Waals surface area contributed by atoms with Gasteiger partial charge >= 0.3 is 0 Å². The molecule has 0 spiro atoms. The van der Waals surface area contributed by atoms with E-state index in [0.29, 0.717) is 10.0 Å². The van der Waals surface area contributed by atoms with E-state index in [1.165, 1.54) is 0 Å². The summed E-state index contributed by atoms with van der Waals surface area (Å²) >= 11 is 11.1. The molecule has 1 heterocycles. The molecule has 0 aliphatic carbocycles. The van der Waals surface area contributed by atoms with E-state index in [0.717, 1.165) is 16.8 Å². The first kappa shape index (κ1) is 13.8. The smallest absolute Gasteiger partial charge is 0.106 e. The molecule has 1 aromatic carbocycles. The van der Waals surface area contributed by atoms with Crippen LogP contribution >= 0.6 is 23.8 Å². The molecule has 1 atom stereocenters. The van der Waals surface area contributed by atoms with Crippen LogP contribution in [0.5, 0.6) is 0 Å². The van der Waals surface area contributed by atoms with Crippen molar-refractivity contribution in [1.82, 2.24) is 4.98 Å². The van der Waals surface area contributed by atoms with Gasteiger partial charge in [0.05, 0.1) is 6.04 Å². The van der Waals surface area contributed by atoms with Gasteiger partial charge in [0.15, 0.2) is 0 Å². The third kappa shape index (κ3) is 3.43. The lowest BCUT2D eigenvalue weighted by molar-refractivity contribution is 0.875. The summed E-state index contributed by atoms with van der Waals surface area (Å²) in [5, 5.41) is 4.00. The Balaban J connectivity index is 2.28. The lowest BCUT2D eigenvalue weighted by Gasteiger charge is -2.18. The molecule has 0 bridgehead atoms. The SMILES string of the molecule is CC(Nc1cc(Cl)ccc1C(N)=S)c1cccnc1. The van der Waals surface area contributed by atoms with E-state index in [-0.39, 0.29) is 6.04 Å². The number of aromatic nitrogens is 1. The number of halogens is 1. The Morgan fingerprint density at radius 1 is 1.42 bits per heavy atom. The molecule has 0 fully saturated rings. The zero-order valence-electron chi connectivity index (χ0n) is 10.4. The van der Waals surface area contributed by atoms with E-state index in [9.17, 15) is 0 Å². The molecule has 2 aromatic rings. The molecule has 5 heteroatoms. The van der Waals surface area contributed by atoms with Gasteiger partial charge in [-0.1, -0.05) is 29.9 Å². The van der Waals surface area contributed by atoms with Crippen LogP contribution in [0.25, 0.3) is 0 Å². The van der Waals surface area contributed by atoms with Crippen molar-refractivity contribution in [2.45, 2.75) is 13.0 Å². The number of pyridine rings is 1. The predicted molar refractivity (Wildman–Crippen MR) is 83.6 cm³/mol. The molecule has 0 saturated heterocycles. The summed E-state index contributed by atoms with van der Waals surface area (Å²) < 4.78 is 0. The third-order valence-corrected chi connectivity index (χ3v) is 3.26. The minimum Gasteiger partial charge on any atom is -0.389 e. The maximum Gasteiger partial charge on any atom is 0.106 e. The van der Waals surface area contributed by atoms with Crippen LogP contribution in [-0.2, 0) is 0 Å². The van der Waals surface area contributed by atoms with Crippen molar-refractivity contribution in [1.29, 1.82) is 0 Å². The zero-order chi connectivity index (χ0) is 13.8. The Morgan fingerprint density at radius 2 is 2.21 bits per heavy atom. The molecule has 98 valence electrons. The number of nitrogens with zero attached hydrogens (tertiary/aromatic N) is 1. The van der Waals surface area contributed by atoms with Gasteiger partial charge in [0.1, 0.15) is 4.99 Å². The summed E-state index contributed by atoms with van der Waals surface area (Å²) in [5.74, 6) is 0. The maximum atomic E-state index is 6.01. The van der Waals surface area contributed by atoms with Crippen LogP contribution in [-0.4, -0.2) is 9.97 Å². The number of thiocarbonyl (C=S) groups is 1. The van der Waals surface area contributed by atoms with E-state index in [2.05, 4.69) is 10.3 Å². The first-order chi connectivity index (χ1) is 9.08. The summed E-state index contributed by atoms with van der Waals surface area (Å²) in [5.41, 5.74) is 8.41. The second-order valence-corrected chi connectivity index (χ2v) is 5.08. The molecule has 0 aliphatic rings. The molecule has 0 radical (unpaired) electrons. The van der Waals surface area contributed by atoms with Crippen molar-refractivity contribution in [3.05, 3.63) is 58.9 Å². The maximum absolute atomic E-state index is 6.01. The molecule has 2 rings (SSSR count). The summed E-state index contributed by atoms with van der Waals surface area (Å²) in [6.07, 6.45) is 3.57. The molecular formula is C14H14ClN3S. The average molecular weight is 292 g/mol. The zero-order valence-corrected chi connectivity index (χ0v) is 12.0. The van der Waals surface area contributed by atoms with Crippen LogP contribution in [0.4, 0.5) is 5.69 Å². The number of rotatable bonds is 4. The fraction of sp³-hybridized carbons (Fsp3) is 0.143. The van der Waals surface area contributed by atoms with Gasteiger partial charge < -0.3 is 11.1 Å². The van der Waals surface area contributed by atoms with Crippen molar-refractivity contribution in [3.63, 3.8) is 0 Å². The third-order valence-electron chi connectivity index (χ3n) is 2.80. The molecule has 1 unspecified atom stereocenters.